The number of nitrogens with one attached hydrogen (secondary N) is 1. The first-order chi connectivity index (χ1) is 7.65. The molecule has 7 heteroatoms. The van der Waals surface area contributed by atoms with E-state index in [-0.39, 0.29) is 11.5 Å². The standard InChI is InChI=1S/C9H14N4O3/c1-2-16-6-5-11-8-4-3-7(13(14)15)9(10)12-8/h3-4H,2,5-6H2,1H3,(H3,10,11,12). The number of nitrogen functional groups attached to an aromatic ring is 1. The lowest BCUT2D eigenvalue weighted by atomic mass is 10.4. The van der Waals surface area contributed by atoms with E-state index >= 15 is 0 Å². The van der Waals surface area contributed by atoms with Gasteiger partial charge in [0.05, 0.1) is 11.5 Å². The van der Waals surface area contributed by atoms with Crippen molar-refractivity contribution in [3.8, 4) is 0 Å². The zero-order valence-corrected chi connectivity index (χ0v) is 8.97. The zero-order valence-electron chi connectivity index (χ0n) is 8.97. The van der Waals surface area contributed by atoms with Crippen molar-refractivity contribution in [3.63, 3.8) is 0 Å². The second-order valence-electron chi connectivity index (χ2n) is 2.98. The molecule has 7 nitrogen and oxygen atoms in total. The highest BCUT2D eigenvalue weighted by Crippen LogP contribution is 2.20. The summed E-state index contributed by atoms with van der Waals surface area (Å²) in [4.78, 5) is 13.8. The minimum Gasteiger partial charge on any atom is -0.380 e. The third kappa shape index (κ3) is 3.35. The molecule has 1 aromatic heterocycles. The van der Waals surface area contributed by atoms with Crippen molar-refractivity contribution >= 4 is 17.3 Å². The van der Waals surface area contributed by atoms with Crippen LogP contribution >= 0.6 is 0 Å². The van der Waals surface area contributed by atoms with E-state index in [4.69, 9.17) is 10.5 Å². The number of ether oxygens (including phenoxy) is 1. The van der Waals surface area contributed by atoms with Crippen LogP contribution in [0.5, 0.6) is 0 Å². The highest BCUT2D eigenvalue weighted by atomic mass is 16.6. The quantitative estimate of drug-likeness (QED) is 0.426. The predicted octanol–water partition coefficient (Wildman–Crippen LogP) is 1.02. The Labute approximate surface area is 92.8 Å². The molecule has 1 rings (SSSR count). The fourth-order valence-corrected chi connectivity index (χ4v) is 1.12. The molecule has 0 aliphatic carbocycles. The molecule has 3 N–H and O–H groups in total. The lowest BCUT2D eigenvalue weighted by Gasteiger charge is -2.05. The Balaban J connectivity index is 2.56. The smallest absolute Gasteiger partial charge is 0.311 e. The number of nitro groups is 1. The van der Waals surface area contributed by atoms with Crippen molar-refractivity contribution in [2.45, 2.75) is 6.92 Å². The molecular weight excluding hydrogens is 212 g/mol. The molecule has 0 radical (unpaired) electrons. The largest absolute Gasteiger partial charge is 0.380 e. The monoisotopic (exact) mass is 226 g/mol. The second-order valence-corrected chi connectivity index (χ2v) is 2.98. The molecule has 0 atom stereocenters. The van der Waals surface area contributed by atoms with Crippen LogP contribution in [0.2, 0.25) is 0 Å². The fourth-order valence-electron chi connectivity index (χ4n) is 1.12. The van der Waals surface area contributed by atoms with Crippen LogP contribution in [-0.4, -0.2) is 29.7 Å². The summed E-state index contributed by atoms with van der Waals surface area (Å²) in [5.41, 5.74) is 5.24. The van der Waals surface area contributed by atoms with Crippen molar-refractivity contribution in [1.82, 2.24) is 4.98 Å². The summed E-state index contributed by atoms with van der Waals surface area (Å²) in [6, 6.07) is 2.84. The molecule has 0 aliphatic heterocycles. The number of aromatic nitrogens is 1. The van der Waals surface area contributed by atoms with Gasteiger partial charge in [-0.1, -0.05) is 0 Å². The molecule has 0 bridgehead atoms. The van der Waals surface area contributed by atoms with Gasteiger partial charge in [0, 0.05) is 19.2 Å². The molecular formula is C9H14N4O3. The van der Waals surface area contributed by atoms with E-state index in [1.807, 2.05) is 6.92 Å². The van der Waals surface area contributed by atoms with Crippen molar-refractivity contribution < 1.29 is 9.66 Å². The zero-order chi connectivity index (χ0) is 12.0. The molecule has 16 heavy (non-hydrogen) atoms. The van der Waals surface area contributed by atoms with Gasteiger partial charge >= 0.3 is 5.69 Å². The maximum Gasteiger partial charge on any atom is 0.311 e. The Kier molecular flexibility index (Phi) is 4.46. The molecule has 0 spiro atoms. The maximum absolute atomic E-state index is 10.5. The maximum atomic E-state index is 10.5. The summed E-state index contributed by atoms with van der Waals surface area (Å²) in [5, 5.41) is 13.4. The number of hydrogen-bond acceptors (Lipinski definition) is 6. The van der Waals surface area contributed by atoms with Gasteiger partial charge in [0.2, 0.25) is 5.82 Å². The van der Waals surface area contributed by atoms with Gasteiger partial charge in [0.1, 0.15) is 5.82 Å². The summed E-state index contributed by atoms with van der Waals surface area (Å²) in [7, 11) is 0. The normalized spacial score (nSPS) is 10.1. The predicted molar refractivity (Wildman–Crippen MR) is 60.3 cm³/mol. The molecule has 0 amide bonds. The highest BCUT2D eigenvalue weighted by Gasteiger charge is 2.12. The molecule has 0 aliphatic rings. The molecule has 0 saturated carbocycles. The number of pyridine rings is 1. The Morgan fingerprint density at radius 3 is 2.94 bits per heavy atom. The van der Waals surface area contributed by atoms with Crippen LogP contribution < -0.4 is 11.1 Å². The minimum atomic E-state index is -0.563. The van der Waals surface area contributed by atoms with Gasteiger partial charge in [-0.3, -0.25) is 10.1 Å². The topological polar surface area (TPSA) is 103 Å². The van der Waals surface area contributed by atoms with Crippen LogP contribution in [0.1, 0.15) is 6.92 Å². The summed E-state index contributed by atoms with van der Waals surface area (Å²) in [5.74, 6) is 0.411. The second kappa shape index (κ2) is 5.86. The van der Waals surface area contributed by atoms with Gasteiger partial charge in [-0.25, -0.2) is 4.98 Å². The van der Waals surface area contributed by atoms with Crippen LogP contribution in [0, 0.1) is 10.1 Å². The number of nitrogens with zero attached hydrogens (tertiary/aromatic N) is 2. The molecule has 0 fully saturated rings. The fraction of sp³-hybridized carbons (Fsp3) is 0.444. The van der Waals surface area contributed by atoms with Gasteiger partial charge in [-0.05, 0) is 13.0 Å². The Morgan fingerprint density at radius 2 is 2.38 bits per heavy atom. The number of anilines is 2. The molecule has 1 aromatic rings. The average molecular weight is 226 g/mol. The van der Waals surface area contributed by atoms with E-state index in [1.165, 1.54) is 12.1 Å². The van der Waals surface area contributed by atoms with E-state index in [0.717, 1.165) is 0 Å². The SMILES string of the molecule is CCOCCNc1ccc([N+](=O)[O-])c(N)n1. The third-order valence-electron chi connectivity index (χ3n) is 1.86. The van der Waals surface area contributed by atoms with Gasteiger partial charge < -0.3 is 15.8 Å². The van der Waals surface area contributed by atoms with Gasteiger partial charge in [0.15, 0.2) is 0 Å². The Hall–Kier alpha value is -1.89. The number of hydrogen-bond donors (Lipinski definition) is 2. The Bertz CT molecular complexity index is 370. The van der Waals surface area contributed by atoms with Crippen molar-refractivity contribution in [3.05, 3.63) is 22.2 Å². The third-order valence-corrected chi connectivity index (χ3v) is 1.86. The van der Waals surface area contributed by atoms with E-state index in [0.29, 0.717) is 25.6 Å². The summed E-state index contributed by atoms with van der Waals surface area (Å²) in [6.45, 7) is 3.69. The summed E-state index contributed by atoms with van der Waals surface area (Å²) in [6.07, 6.45) is 0. The molecule has 0 aromatic carbocycles. The van der Waals surface area contributed by atoms with Gasteiger partial charge in [-0.2, -0.15) is 0 Å². The highest BCUT2D eigenvalue weighted by molar-refractivity contribution is 5.57. The number of nitrogens with two attached hydrogens (primary N) is 1. The lowest BCUT2D eigenvalue weighted by Crippen LogP contribution is -2.11. The van der Waals surface area contributed by atoms with Gasteiger partial charge in [-0.15, -0.1) is 0 Å². The minimum absolute atomic E-state index is 0.0913. The summed E-state index contributed by atoms with van der Waals surface area (Å²) >= 11 is 0. The van der Waals surface area contributed by atoms with E-state index in [2.05, 4.69) is 10.3 Å². The van der Waals surface area contributed by atoms with Crippen LogP contribution in [0.3, 0.4) is 0 Å². The number of rotatable bonds is 6. The first kappa shape index (κ1) is 12.2. The van der Waals surface area contributed by atoms with Crippen molar-refractivity contribution in [2.75, 3.05) is 30.8 Å². The van der Waals surface area contributed by atoms with E-state index < -0.39 is 4.92 Å². The van der Waals surface area contributed by atoms with E-state index in [1.54, 1.807) is 0 Å². The molecule has 0 saturated heterocycles. The van der Waals surface area contributed by atoms with Crippen molar-refractivity contribution in [2.24, 2.45) is 0 Å². The van der Waals surface area contributed by atoms with Crippen LogP contribution in [-0.2, 0) is 4.74 Å². The molecule has 1 heterocycles. The molecule has 0 unspecified atom stereocenters. The average Bonchev–Trinajstić information content (AvgIpc) is 2.24. The van der Waals surface area contributed by atoms with Crippen LogP contribution in [0.25, 0.3) is 0 Å². The first-order valence-electron chi connectivity index (χ1n) is 4.87. The van der Waals surface area contributed by atoms with Crippen LogP contribution in [0.15, 0.2) is 12.1 Å². The summed E-state index contributed by atoms with van der Waals surface area (Å²) < 4.78 is 5.12. The first-order valence-corrected chi connectivity index (χ1v) is 4.87. The lowest BCUT2D eigenvalue weighted by molar-refractivity contribution is -0.384. The Morgan fingerprint density at radius 1 is 1.62 bits per heavy atom. The molecule has 88 valence electrons. The van der Waals surface area contributed by atoms with Crippen molar-refractivity contribution in [1.29, 1.82) is 0 Å². The van der Waals surface area contributed by atoms with Gasteiger partial charge in [0.25, 0.3) is 0 Å². The van der Waals surface area contributed by atoms with E-state index in [9.17, 15) is 10.1 Å². The van der Waals surface area contributed by atoms with Crippen LogP contribution in [0.4, 0.5) is 17.3 Å².